The summed E-state index contributed by atoms with van der Waals surface area (Å²) in [6.45, 7) is 3.99. The highest BCUT2D eigenvalue weighted by atomic mass is 16.1. The SMILES string of the molecule is Cc1ccc(C(=O)C=Cc2c(C)nn(-c3ccccc3)c2-c2ccccc2)cc1. The van der Waals surface area contributed by atoms with Gasteiger partial charge in [-0.2, -0.15) is 5.10 Å². The van der Waals surface area contributed by atoms with E-state index in [1.165, 1.54) is 0 Å². The molecule has 0 N–H and O–H groups in total. The molecule has 4 rings (SSSR count). The summed E-state index contributed by atoms with van der Waals surface area (Å²) in [4.78, 5) is 12.7. The average Bonchev–Trinajstić information content (AvgIpc) is 3.10. The fraction of sp³-hybridized carbons (Fsp3) is 0.0769. The number of rotatable bonds is 5. The van der Waals surface area contributed by atoms with Gasteiger partial charge in [-0.05, 0) is 38.1 Å². The Morgan fingerprint density at radius 1 is 0.828 bits per heavy atom. The Kier molecular flexibility index (Phi) is 5.21. The lowest BCUT2D eigenvalue weighted by atomic mass is 10.0. The summed E-state index contributed by atoms with van der Waals surface area (Å²) in [7, 11) is 0. The highest BCUT2D eigenvalue weighted by Crippen LogP contribution is 2.30. The summed E-state index contributed by atoms with van der Waals surface area (Å²) in [5, 5.41) is 4.77. The number of aryl methyl sites for hydroxylation is 2. The molecular weight excluding hydrogens is 356 g/mol. The zero-order valence-corrected chi connectivity index (χ0v) is 16.5. The molecule has 1 aromatic heterocycles. The molecule has 3 aromatic carbocycles. The summed E-state index contributed by atoms with van der Waals surface area (Å²) in [5.74, 6) is -0.0177. The second kappa shape index (κ2) is 8.11. The maximum absolute atomic E-state index is 12.7. The average molecular weight is 378 g/mol. The van der Waals surface area contributed by atoms with E-state index in [9.17, 15) is 4.79 Å². The van der Waals surface area contributed by atoms with E-state index in [0.29, 0.717) is 5.56 Å². The Morgan fingerprint density at radius 2 is 1.45 bits per heavy atom. The second-order valence-electron chi connectivity index (χ2n) is 7.02. The Morgan fingerprint density at radius 3 is 2.10 bits per heavy atom. The molecule has 0 saturated heterocycles. The number of carbonyl (C=O) groups excluding carboxylic acids is 1. The molecule has 3 heteroatoms. The van der Waals surface area contributed by atoms with Crippen molar-refractivity contribution in [3.8, 4) is 16.9 Å². The van der Waals surface area contributed by atoms with Crippen molar-refractivity contribution >= 4 is 11.9 Å². The summed E-state index contributed by atoms with van der Waals surface area (Å²) in [5.41, 5.74) is 6.65. The first kappa shape index (κ1) is 18.6. The third-order valence-corrected chi connectivity index (χ3v) is 4.89. The normalized spacial score (nSPS) is 11.1. The largest absolute Gasteiger partial charge is 0.289 e. The van der Waals surface area contributed by atoms with Crippen molar-refractivity contribution in [1.29, 1.82) is 0 Å². The molecule has 3 nitrogen and oxygen atoms in total. The fourth-order valence-corrected chi connectivity index (χ4v) is 3.34. The topological polar surface area (TPSA) is 34.9 Å². The summed E-state index contributed by atoms with van der Waals surface area (Å²) in [6, 6.07) is 27.8. The van der Waals surface area contributed by atoms with Crippen molar-refractivity contribution < 1.29 is 4.79 Å². The van der Waals surface area contributed by atoms with Crippen LogP contribution in [0.15, 0.2) is 91.0 Å². The van der Waals surface area contributed by atoms with E-state index in [1.54, 1.807) is 6.08 Å². The zero-order valence-electron chi connectivity index (χ0n) is 16.5. The third kappa shape index (κ3) is 3.94. The van der Waals surface area contributed by atoms with Crippen LogP contribution in [0.3, 0.4) is 0 Å². The van der Waals surface area contributed by atoms with Crippen LogP contribution in [-0.2, 0) is 0 Å². The first-order valence-electron chi connectivity index (χ1n) is 9.63. The van der Waals surface area contributed by atoms with Crippen LogP contribution in [0.5, 0.6) is 0 Å². The van der Waals surface area contributed by atoms with Crippen LogP contribution in [0.25, 0.3) is 23.0 Å². The van der Waals surface area contributed by atoms with Crippen molar-refractivity contribution in [2.45, 2.75) is 13.8 Å². The third-order valence-electron chi connectivity index (χ3n) is 4.89. The molecular formula is C26H22N2O. The summed E-state index contributed by atoms with van der Waals surface area (Å²) >= 11 is 0. The van der Waals surface area contributed by atoms with E-state index >= 15 is 0 Å². The van der Waals surface area contributed by atoms with Crippen molar-refractivity contribution in [2.75, 3.05) is 0 Å². The number of allylic oxidation sites excluding steroid dienone is 1. The van der Waals surface area contributed by atoms with Gasteiger partial charge in [0.05, 0.1) is 17.1 Å². The number of para-hydroxylation sites is 1. The van der Waals surface area contributed by atoms with E-state index in [1.807, 2.05) is 97.4 Å². The molecule has 4 aromatic rings. The molecule has 0 aliphatic rings. The van der Waals surface area contributed by atoms with E-state index in [4.69, 9.17) is 5.10 Å². The van der Waals surface area contributed by atoms with E-state index < -0.39 is 0 Å². The lowest BCUT2D eigenvalue weighted by Gasteiger charge is -2.09. The molecule has 0 aliphatic heterocycles. The number of aromatic nitrogens is 2. The van der Waals surface area contributed by atoms with Crippen molar-refractivity contribution in [2.24, 2.45) is 0 Å². The Hall–Kier alpha value is -3.72. The van der Waals surface area contributed by atoms with Gasteiger partial charge >= 0.3 is 0 Å². The number of ketones is 1. The number of benzene rings is 3. The minimum Gasteiger partial charge on any atom is -0.289 e. The Bertz CT molecular complexity index is 1150. The quantitative estimate of drug-likeness (QED) is 0.313. The molecule has 0 aliphatic carbocycles. The van der Waals surface area contributed by atoms with E-state index in [2.05, 4.69) is 12.1 Å². The molecule has 0 bridgehead atoms. The van der Waals surface area contributed by atoms with Gasteiger partial charge in [-0.1, -0.05) is 78.4 Å². The molecule has 0 radical (unpaired) electrons. The monoisotopic (exact) mass is 378 g/mol. The fourth-order valence-electron chi connectivity index (χ4n) is 3.34. The van der Waals surface area contributed by atoms with Crippen LogP contribution in [0.2, 0.25) is 0 Å². The van der Waals surface area contributed by atoms with Crippen LogP contribution in [0.1, 0.15) is 27.2 Å². The Labute approximate surface area is 171 Å². The Balaban J connectivity index is 1.80. The smallest absolute Gasteiger partial charge is 0.185 e. The van der Waals surface area contributed by atoms with Crippen molar-refractivity contribution in [3.05, 3.63) is 113 Å². The van der Waals surface area contributed by atoms with Gasteiger partial charge in [0, 0.05) is 16.7 Å². The zero-order chi connectivity index (χ0) is 20.2. The molecule has 0 fully saturated rings. The second-order valence-corrected chi connectivity index (χ2v) is 7.02. The maximum atomic E-state index is 12.7. The standard InChI is InChI=1S/C26H22N2O/c1-19-13-15-21(16-14-19)25(29)18-17-24-20(2)27-28(23-11-7-4-8-12-23)26(24)22-9-5-3-6-10-22/h3-18H,1-2H3. The van der Waals surface area contributed by atoms with E-state index in [-0.39, 0.29) is 5.78 Å². The molecule has 1 heterocycles. The number of hydrogen-bond donors (Lipinski definition) is 0. The molecule has 29 heavy (non-hydrogen) atoms. The summed E-state index contributed by atoms with van der Waals surface area (Å²) in [6.07, 6.45) is 3.52. The summed E-state index contributed by atoms with van der Waals surface area (Å²) < 4.78 is 1.95. The number of carbonyl (C=O) groups is 1. The van der Waals surface area contributed by atoms with Crippen LogP contribution in [0.4, 0.5) is 0 Å². The van der Waals surface area contributed by atoms with Gasteiger partial charge in [-0.3, -0.25) is 4.79 Å². The molecule has 0 saturated carbocycles. The molecule has 0 spiro atoms. The first-order chi connectivity index (χ1) is 14.1. The maximum Gasteiger partial charge on any atom is 0.185 e. The molecule has 0 amide bonds. The minimum absolute atomic E-state index is 0.0177. The van der Waals surface area contributed by atoms with Crippen molar-refractivity contribution in [3.63, 3.8) is 0 Å². The van der Waals surface area contributed by atoms with Gasteiger partial charge in [0.1, 0.15) is 0 Å². The van der Waals surface area contributed by atoms with Gasteiger partial charge in [0.25, 0.3) is 0 Å². The van der Waals surface area contributed by atoms with Crippen LogP contribution in [0, 0.1) is 13.8 Å². The van der Waals surface area contributed by atoms with E-state index in [0.717, 1.165) is 33.8 Å². The minimum atomic E-state index is -0.0177. The van der Waals surface area contributed by atoms with Gasteiger partial charge in [0.15, 0.2) is 5.78 Å². The van der Waals surface area contributed by atoms with Gasteiger partial charge in [-0.15, -0.1) is 0 Å². The van der Waals surface area contributed by atoms with Gasteiger partial charge in [-0.25, -0.2) is 4.68 Å². The van der Waals surface area contributed by atoms with Gasteiger partial charge < -0.3 is 0 Å². The van der Waals surface area contributed by atoms with Crippen LogP contribution in [-0.4, -0.2) is 15.6 Å². The number of hydrogen-bond acceptors (Lipinski definition) is 2. The van der Waals surface area contributed by atoms with Crippen LogP contribution < -0.4 is 0 Å². The first-order valence-corrected chi connectivity index (χ1v) is 9.63. The van der Waals surface area contributed by atoms with Crippen LogP contribution >= 0.6 is 0 Å². The predicted molar refractivity (Wildman–Crippen MR) is 118 cm³/mol. The van der Waals surface area contributed by atoms with Crippen molar-refractivity contribution in [1.82, 2.24) is 9.78 Å². The van der Waals surface area contributed by atoms with Gasteiger partial charge in [0.2, 0.25) is 0 Å². The highest BCUT2D eigenvalue weighted by molar-refractivity contribution is 6.07. The molecule has 0 atom stereocenters. The lowest BCUT2D eigenvalue weighted by molar-refractivity contribution is 0.104. The molecule has 0 unspecified atom stereocenters. The number of nitrogens with zero attached hydrogens (tertiary/aromatic N) is 2. The molecule has 142 valence electrons. The predicted octanol–water partition coefficient (Wildman–Crippen LogP) is 6.05. The lowest BCUT2D eigenvalue weighted by Crippen LogP contribution is -1.99. The highest BCUT2D eigenvalue weighted by Gasteiger charge is 2.16.